The van der Waals surface area contributed by atoms with E-state index in [2.05, 4.69) is 36.1 Å². The van der Waals surface area contributed by atoms with Crippen LogP contribution in [0.15, 0.2) is 0 Å². The van der Waals surface area contributed by atoms with E-state index in [1.807, 2.05) is 0 Å². The van der Waals surface area contributed by atoms with Crippen molar-refractivity contribution in [2.45, 2.75) is 57.9 Å². The summed E-state index contributed by atoms with van der Waals surface area (Å²) in [5.41, 5.74) is 0. The standard InChI is InChI=1S/C16H35N3/c1-4-11-17-12-7-5-6-8-13-19(3)16-9-14-18(2)15-10-16/h16-17H,4-15H2,1-3H3. The Morgan fingerprint density at radius 1 is 1.05 bits per heavy atom. The lowest BCUT2D eigenvalue weighted by molar-refractivity contribution is 0.142. The van der Waals surface area contributed by atoms with Crippen LogP contribution in [-0.4, -0.2) is 62.7 Å². The van der Waals surface area contributed by atoms with E-state index in [0.717, 1.165) is 6.04 Å². The van der Waals surface area contributed by atoms with Gasteiger partial charge in [-0.25, -0.2) is 0 Å². The van der Waals surface area contributed by atoms with E-state index in [9.17, 15) is 0 Å². The summed E-state index contributed by atoms with van der Waals surface area (Å²) in [5.74, 6) is 0. The second-order valence-corrected chi connectivity index (χ2v) is 6.18. The van der Waals surface area contributed by atoms with Crippen LogP contribution in [0.25, 0.3) is 0 Å². The molecule has 0 spiro atoms. The summed E-state index contributed by atoms with van der Waals surface area (Å²) in [6.45, 7) is 8.45. The van der Waals surface area contributed by atoms with Crippen LogP contribution in [0.1, 0.15) is 51.9 Å². The zero-order valence-electron chi connectivity index (χ0n) is 13.5. The number of nitrogens with zero attached hydrogens (tertiary/aromatic N) is 2. The fraction of sp³-hybridized carbons (Fsp3) is 1.00. The highest BCUT2D eigenvalue weighted by atomic mass is 15.2. The quantitative estimate of drug-likeness (QED) is 0.615. The molecule has 114 valence electrons. The molecule has 1 rings (SSSR count). The maximum atomic E-state index is 3.48. The molecule has 1 aliphatic rings. The van der Waals surface area contributed by atoms with Crippen molar-refractivity contribution in [3.8, 4) is 0 Å². The van der Waals surface area contributed by atoms with Crippen LogP contribution in [0, 0.1) is 0 Å². The Hall–Kier alpha value is -0.120. The molecule has 0 aliphatic carbocycles. The van der Waals surface area contributed by atoms with Gasteiger partial charge in [-0.1, -0.05) is 19.8 Å². The number of nitrogens with one attached hydrogen (secondary N) is 1. The van der Waals surface area contributed by atoms with Gasteiger partial charge in [0.2, 0.25) is 0 Å². The van der Waals surface area contributed by atoms with Crippen molar-refractivity contribution in [1.82, 2.24) is 15.1 Å². The van der Waals surface area contributed by atoms with Crippen molar-refractivity contribution in [3.63, 3.8) is 0 Å². The molecule has 19 heavy (non-hydrogen) atoms. The predicted octanol–water partition coefficient (Wildman–Crippen LogP) is 2.57. The van der Waals surface area contributed by atoms with E-state index in [1.54, 1.807) is 0 Å². The minimum atomic E-state index is 0.836. The molecule has 0 aromatic carbocycles. The second kappa shape index (κ2) is 10.6. The average Bonchev–Trinajstić information content (AvgIpc) is 2.42. The van der Waals surface area contributed by atoms with Crippen molar-refractivity contribution in [2.24, 2.45) is 0 Å². The molecule has 1 N–H and O–H groups in total. The van der Waals surface area contributed by atoms with Crippen LogP contribution in [0.5, 0.6) is 0 Å². The topological polar surface area (TPSA) is 18.5 Å². The smallest absolute Gasteiger partial charge is 0.0117 e. The van der Waals surface area contributed by atoms with Gasteiger partial charge in [0, 0.05) is 6.04 Å². The third-order valence-corrected chi connectivity index (χ3v) is 4.35. The molecule has 0 bridgehead atoms. The third-order valence-electron chi connectivity index (χ3n) is 4.35. The van der Waals surface area contributed by atoms with Crippen molar-refractivity contribution in [2.75, 3.05) is 46.8 Å². The van der Waals surface area contributed by atoms with Gasteiger partial charge in [-0.2, -0.15) is 0 Å². The zero-order chi connectivity index (χ0) is 13.9. The zero-order valence-corrected chi connectivity index (χ0v) is 13.5. The number of piperidine rings is 1. The summed E-state index contributed by atoms with van der Waals surface area (Å²) in [7, 11) is 4.56. The molecule has 3 heteroatoms. The lowest BCUT2D eigenvalue weighted by Gasteiger charge is -2.35. The van der Waals surface area contributed by atoms with E-state index >= 15 is 0 Å². The molecule has 0 radical (unpaired) electrons. The Morgan fingerprint density at radius 2 is 1.74 bits per heavy atom. The monoisotopic (exact) mass is 269 g/mol. The fourth-order valence-electron chi connectivity index (χ4n) is 2.88. The first-order chi connectivity index (χ1) is 9.24. The Kier molecular flexibility index (Phi) is 9.48. The number of rotatable bonds is 10. The van der Waals surface area contributed by atoms with Gasteiger partial charge in [-0.15, -0.1) is 0 Å². The van der Waals surface area contributed by atoms with E-state index in [4.69, 9.17) is 0 Å². The number of hydrogen-bond acceptors (Lipinski definition) is 3. The van der Waals surface area contributed by atoms with Gasteiger partial charge in [-0.05, 0) is 78.9 Å². The van der Waals surface area contributed by atoms with Crippen LogP contribution < -0.4 is 5.32 Å². The highest BCUT2D eigenvalue weighted by molar-refractivity contribution is 4.76. The molecule has 0 aromatic rings. The summed E-state index contributed by atoms with van der Waals surface area (Å²) in [4.78, 5) is 5.05. The lowest BCUT2D eigenvalue weighted by Crippen LogP contribution is -2.42. The second-order valence-electron chi connectivity index (χ2n) is 6.18. The first-order valence-corrected chi connectivity index (χ1v) is 8.33. The molecular weight excluding hydrogens is 234 g/mol. The molecule has 1 fully saturated rings. The predicted molar refractivity (Wildman–Crippen MR) is 84.8 cm³/mol. The third kappa shape index (κ3) is 7.91. The van der Waals surface area contributed by atoms with Crippen molar-refractivity contribution in [1.29, 1.82) is 0 Å². The first-order valence-electron chi connectivity index (χ1n) is 8.33. The Balaban J connectivity index is 1.91. The summed E-state index contributed by atoms with van der Waals surface area (Å²) in [6, 6.07) is 0.836. The molecule has 0 atom stereocenters. The fourth-order valence-corrected chi connectivity index (χ4v) is 2.88. The highest BCUT2D eigenvalue weighted by Gasteiger charge is 2.19. The summed E-state index contributed by atoms with van der Waals surface area (Å²) >= 11 is 0. The Labute approximate surface area is 120 Å². The minimum Gasteiger partial charge on any atom is -0.317 e. The largest absolute Gasteiger partial charge is 0.317 e. The molecule has 1 aliphatic heterocycles. The maximum absolute atomic E-state index is 3.48. The normalized spacial score (nSPS) is 18.3. The average molecular weight is 269 g/mol. The SMILES string of the molecule is CCCNCCCCCCN(C)C1CCN(C)CC1. The van der Waals surface area contributed by atoms with Gasteiger partial charge < -0.3 is 15.1 Å². The Bertz CT molecular complexity index is 200. The van der Waals surface area contributed by atoms with Crippen molar-refractivity contribution >= 4 is 0 Å². The van der Waals surface area contributed by atoms with Crippen molar-refractivity contribution in [3.05, 3.63) is 0 Å². The van der Waals surface area contributed by atoms with Crippen LogP contribution >= 0.6 is 0 Å². The first kappa shape index (κ1) is 16.9. The molecule has 1 heterocycles. The van der Waals surface area contributed by atoms with Crippen molar-refractivity contribution < 1.29 is 0 Å². The van der Waals surface area contributed by atoms with E-state index in [1.165, 1.54) is 77.7 Å². The van der Waals surface area contributed by atoms with Gasteiger partial charge in [0.15, 0.2) is 0 Å². The molecule has 1 saturated heterocycles. The summed E-state index contributed by atoms with van der Waals surface area (Å²) < 4.78 is 0. The van der Waals surface area contributed by atoms with E-state index < -0.39 is 0 Å². The van der Waals surface area contributed by atoms with Crippen LogP contribution in [-0.2, 0) is 0 Å². The van der Waals surface area contributed by atoms with Gasteiger partial charge in [0.05, 0.1) is 0 Å². The van der Waals surface area contributed by atoms with Gasteiger partial charge in [-0.3, -0.25) is 0 Å². The van der Waals surface area contributed by atoms with Gasteiger partial charge in [0.25, 0.3) is 0 Å². The maximum Gasteiger partial charge on any atom is 0.0117 e. The summed E-state index contributed by atoms with van der Waals surface area (Å²) in [6.07, 6.45) is 9.46. The molecule has 0 amide bonds. The number of likely N-dealkylation sites (tertiary alicyclic amines) is 1. The van der Waals surface area contributed by atoms with E-state index in [-0.39, 0.29) is 0 Å². The molecule has 0 saturated carbocycles. The van der Waals surface area contributed by atoms with Crippen LogP contribution in [0.2, 0.25) is 0 Å². The number of unbranched alkanes of at least 4 members (excludes halogenated alkanes) is 3. The lowest BCUT2D eigenvalue weighted by atomic mass is 10.0. The molecule has 3 nitrogen and oxygen atoms in total. The molecule has 0 aromatic heterocycles. The van der Waals surface area contributed by atoms with Crippen LogP contribution in [0.4, 0.5) is 0 Å². The van der Waals surface area contributed by atoms with E-state index in [0.29, 0.717) is 0 Å². The van der Waals surface area contributed by atoms with Crippen LogP contribution in [0.3, 0.4) is 0 Å². The van der Waals surface area contributed by atoms with Gasteiger partial charge >= 0.3 is 0 Å². The summed E-state index contributed by atoms with van der Waals surface area (Å²) in [5, 5.41) is 3.48. The molecule has 0 unspecified atom stereocenters. The Morgan fingerprint density at radius 3 is 2.42 bits per heavy atom. The van der Waals surface area contributed by atoms with Gasteiger partial charge in [0.1, 0.15) is 0 Å². The highest BCUT2D eigenvalue weighted by Crippen LogP contribution is 2.14. The molecular formula is C16H35N3. The minimum absolute atomic E-state index is 0.836. The number of hydrogen-bond donors (Lipinski definition) is 1.